The molecule has 2 heterocycles. The van der Waals surface area contributed by atoms with Crippen molar-refractivity contribution in [3.05, 3.63) is 0 Å². The summed E-state index contributed by atoms with van der Waals surface area (Å²) in [7, 11) is -3.19. The van der Waals surface area contributed by atoms with Gasteiger partial charge in [0.25, 0.3) is 0 Å². The molecule has 2 atom stereocenters. The summed E-state index contributed by atoms with van der Waals surface area (Å²) in [6, 6.07) is 0. The summed E-state index contributed by atoms with van der Waals surface area (Å²) >= 11 is 3.42. The summed E-state index contributed by atoms with van der Waals surface area (Å²) in [6.07, 6.45) is 3.04. The Hall–Kier alpha value is -0.100. The van der Waals surface area contributed by atoms with Crippen LogP contribution in [-0.4, -0.2) is 48.6 Å². The van der Waals surface area contributed by atoms with Crippen molar-refractivity contribution < 1.29 is 13.2 Å². The molecule has 2 fully saturated rings. The average molecular weight is 324 g/mol. The molecule has 0 saturated carbocycles. The van der Waals surface area contributed by atoms with Crippen LogP contribution in [0.2, 0.25) is 0 Å². The number of hydrogen-bond donors (Lipinski definition) is 0. The van der Waals surface area contributed by atoms with Crippen molar-refractivity contribution in [1.82, 2.24) is 4.90 Å². The fraction of sp³-hybridized carbons (Fsp3) is 0.909. The van der Waals surface area contributed by atoms with Crippen LogP contribution in [0.4, 0.5) is 0 Å². The second-order valence-corrected chi connectivity index (χ2v) is 7.90. The van der Waals surface area contributed by atoms with Gasteiger partial charge in [-0.1, -0.05) is 22.4 Å². The first kappa shape index (κ1) is 13.3. The van der Waals surface area contributed by atoms with Gasteiger partial charge < -0.3 is 4.90 Å². The molecule has 2 aliphatic rings. The molecular weight excluding hydrogens is 306 g/mol. The number of carbonyl (C=O) groups excluding carboxylic acids is 1. The number of likely N-dealkylation sites (tertiary alicyclic amines) is 1. The van der Waals surface area contributed by atoms with Gasteiger partial charge in [0.05, 0.1) is 5.75 Å². The van der Waals surface area contributed by atoms with E-state index in [0.29, 0.717) is 31.8 Å². The van der Waals surface area contributed by atoms with Gasteiger partial charge in [0.1, 0.15) is 5.25 Å². The fourth-order valence-corrected chi connectivity index (χ4v) is 5.00. The summed E-state index contributed by atoms with van der Waals surface area (Å²) in [5.41, 5.74) is 0. The smallest absolute Gasteiger partial charge is 0.240 e. The Morgan fingerprint density at radius 3 is 2.65 bits per heavy atom. The molecule has 0 radical (unpaired) electrons. The topological polar surface area (TPSA) is 54.5 Å². The van der Waals surface area contributed by atoms with E-state index in [1.54, 1.807) is 4.90 Å². The minimum atomic E-state index is -3.19. The van der Waals surface area contributed by atoms with Crippen molar-refractivity contribution in [3.8, 4) is 0 Å². The first-order chi connectivity index (χ1) is 8.04. The third-order valence-electron chi connectivity index (χ3n) is 3.67. The number of rotatable bonds is 2. The summed E-state index contributed by atoms with van der Waals surface area (Å²) in [4.78, 5) is 13.9. The van der Waals surface area contributed by atoms with Crippen LogP contribution in [0.5, 0.6) is 0 Å². The van der Waals surface area contributed by atoms with Crippen LogP contribution in [0.15, 0.2) is 0 Å². The zero-order valence-electron chi connectivity index (χ0n) is 9.77. The van der Waals surface area contributed by atoms with E-state index in [4.69, 9.17) is 0 Å². The van der Waals surface area contributed by atoms with Gasteiger partial charge in [-0.15, -0.1) is 0 Å². The van der Waals surface area contributed by atoms with Crippen molar-refractivity contribution in [2.45, 2.75) is 30.9 Å². The van der Waals surface area contributed by atoms with Crippen molar-refractivity contribution >= 4 is 31.7 Å². The molecule has 1 amide bonds. The van der Waals surface area contributed by atoms with E-state index >= 15 is 0 Å². The van der Waals surface area contributed by atoms with Gasteiger partial charge in [0.2, 0.25) is 5.91 Å². The molecule has 98 valence electrons. The number of carbonyl (C=O) groups is 1. The number of amides is 1. The Morgan fingerprint density at radius 2 is 2.06 bits per heavy atom. The van der Waals surface area contributed by atoms with Crippen molar-refractivity contribution in [3.63, 3.8) is 0 Å². The number of alkyl halides is 1. The van der Waals surface area contributed by atoms with Crippen LogP contribution < -0.4 is 0 Å². The van der Waals surface area contributed by atoms with Gasteiger partial charge in [-0.3, -0.25) is 4.79 Å². The predicted molar refractivity (Wildman–Crippen MR) is 69.9 cm³/mol. The second kappa shape index (κ2) is 5.26. The van der Waals surface area contributed by atoms with Gasteiger partial charge in [-0.2, -0.15) is 0 Å². The molecule has 0 N–H and O–H groups in total. The van der Waals surface area contributed by atoms with Crippen molar-refractivity contribution in [1.29, 1.82) is 0 Å². The Kier molecular flexibility index (Phi) is 4.13. The first-order valence-electron chi connectivity index (χ1n) is 6.11. The molecular formula is C11H18BrNO3S. The maximum Gasteiger partial charge on any atom is 0.240 e. The molecule has 0 aliphatic carbocycles. The van der Waals surface area contributed by atoms with Crippen LogP contribution >= 0.6 is 15.9 Å². The van der Waals surface area contributed by atoms with Gasteiger partial charge in [-0.05, 0) is 25.2 Å². The molecule has 4 nitrogen and oxygen atoms in total. The van der Waals surface area contributed by atoms with Crippen LogP contribution in [0.25, 0.3) is 0 Å². The second-order valence-electron chi connectivity index (χ2n) is 4.94. The zero-order chi connectivity index (χ0) is 12.5. The fourth-order valence-electron chi connectivity index (χ4n) is 2.59. The van der Waals surface area contributed by atoms with Crippen LogP contribution in [0.1, 0.15) is 25.7 Å². The lowest BCUT2D eigenvalue weighted by Gasteiger charge is -2.26. The molecule has 0 bridgehead atoms. The monoisotopic (exact) mass is 323 g/mol. The number of sulfone groups is 1. The molecule has 2 saturated heterocycles. The van der Waals surface area contributed by atoms with Crippen LogP contribution in [0, 0.1) is 5.92 Å². The first-order valence-corrected chi connectivity index (χ1v) is 8.94. The minimum Gasteiger partial charge on any atom is -0.341 e. The predicted octanol–water partition coefficient (Wildman–Crippen LogP) is 1.20. The molecule has 0 spiro atoms. The van der Waals surface area contributed by atoms with E-state index in [0.717, 1.165) is 18.2 Å². The quantitative estimate of drug-likeness (QED) is 0.717. The largest absolute Gasteiger partial charge is 0.341 e. The molecule has 2 aliphatic heterocycles. The van der Waals surface area contributed by atoms with E-state index in [-0.39, 0.29) is 11.7 Å². The lowest BCUT2D eigenvalue weighted by atomic mass is 10.1. The Bertz CT molecular complexity index is 396. The van der Waals surface area contributed by atoms with E-state index in [1.807, 2.05) is 0 Å². The van der Waals surface area contributed by atoms with Crippen molar-refractivity contribution in [2.24, 2.45) is 5.92 Å². The van der Waals surface area contributed by atoms with Gasteiger partial charge in [0.15, 0.2) is 9.84 Å². The van der Waals surface area contributed by atoms with Crippen molar-refractivity contribution in [2.75, 3.05) is 24.2 Å². The standard InChI is InChI=1S/C11H18BrNO3S/c12-7-9-4-5-13(8-9)11(14)10-3-1-2-6-17(10,15)16/h9-10H,1-8H2. The maximum absolute atomic E-state index is 12.2. The van der Waals surface area contributed by atoms with Gasteiger partial charge in [0, 0.05) is 18.4 Å². The van der Waals surface area contributed by atoms with Gasteiger partial charge >= 0.3 is 0 Å². The van der Waals surface area contributed by atoms with E-state index in [2.05, 4.69) is 15.9 Å². The van der Waals surface area contributed by atoms with E-state index in [9.17, 15) is 13.2 Å². The molecule has 6 heteroatoms. The lowest BCUT2D eigenvalue weighted by molar-refractivity contribution is -0.130. The van der Waals surface area contributed by atoms with E-state index in [1.165, 1.54) is 0 Å². The molecule has 17 heavy (non-hydrogen) atoms. The van der Waals surface area contributed by atoms with Gasteiger partial charge in [-0.25, -0.2) is 8.42 Å². The van der Waals surface area contributed by atoms with E-state index < -0.39 is 15.1 Å². The third-order valence-corrected chi connectivity index (χ3v) is 6.75. The SMILES string of the molecule is O=C(C1CCCCS1(=O)=O)N1CCC(CBr)C1. The van der Waals surface area contributed by atoms with Crippen LogP contribution in [-0.2, 0) is 14.6 Å². The highest BCUT2D eigenvalue weighted by Gasteiger charge is 2.39. The highest BCUT2D eigenvalue weighted by Crippen LogP contribution is 2.25. The summed E-state index contributed by atoms with van der Waals surface area (Å²) < 4.78 is 23.7. The molecule has 2 unspecified atom stereocenters. The molecule has 2 rings (SSSR count). The highest BCUT2D eigenvalue weighted by atomic mass is 79.9. The normalized spacial score (nSPS) is 32.6. The Balaban J connectivity index is 2.05. The number of hydrogen-bond acceptors (Lipinski definition) is 3. The molecule has 0 aromatic heterocycles. The summed E-state index contributed by atoms with van der Waals surface area (Å²) in [6.45, 7) is 1.41. The van der Waals surface area contributed by atoms with Crippen LogP contribution in [0.3, 0.4) is 0 Å². The maximum atomic E-state index is 12.2. The minimum absolute atomic E-state index is 0.159. The summed E-state index contributed by atoms with van der Waals surface area (Å²) in [5, 5.41) is 0.124. The third kappa shape index (κ3) is 2.84. The Labute approximate surface area is 111 Å². The summed E-state index contributed by atoms with van der Waals surface area (Å²) in [5.74, 6) is 0.498. The number of halogens is 1. The Morgan fingerprint density at radius 1 is 1.29 bits per heavy atom. The number of nitrogens with zero attached hydrogens (tertiary/aromatic N) is 1. The highest BCUT2D eigenvalue weighted by molar-refractivity contribution is 9.09. The molecule has 0 aromatic rings. The zero-order valence-corrected chi connectivity index (χ0v) is 12.2. The molecule has 0 aromatic carbocycles. The lowest BCUT2D eigenvalue weighted by Crippen LogP contribution is -2.44. The average Bonchev–Trinajstić information content (AvgIpc) is 2.76.